The van der Waals surface area contributed by atoms with Gasteiger partial charge in [-0.15, -0.1) is 0 Å². The lowest BCUT2D eigenvalue weighted by Crippen LogP contribution is -1.99. The average Bonchev–Trinajstić information content (AvgIpc) is 3.35. The van der Waals surface area contributed by atoms with Crippen molar-refractivity contribution in [1.29, 1.82) is 0 Å². The van der Waals surface area contributed by atoms with E-state index in [4.69, 9.17) is 9.97 Å². The summed E-state index contributed by atoms with van der Waals surface area (Å²) >= 11 is 0. The summed E-state index contributed by atoms with van der Waals surface area (Å²) in [5, 5.41) is 2.39. The summed E-state index contributed by atoms with van der Waals surface area (Å²) < 4.78 is 0. The minimum atomic E-state index is 0.719. The molecule has 1 aliphatic rings. The Kier molecular flexibility index (Phi) is 6.94. The predicted molar refractivity (Wildman–Crippen MR) is 188 cm³/mol. The first-order chi connectivity index (χ1) is 22.3. The third-order valence-electron chi connectivity index (χ3n) is 8.50. The van der Waals surface area contributed by atoms with Crippen molar-refractivity contribution in [3.05, 3.63) is 181 Å². The molecule has 0 bridgehead atoms. The Bertz CT molecular complexity index is 2210. The lowest BCUT2D eigenvalue weighted by molar-refractivity contribution is 1.18. The SMILES string of the molecule is C1=Cc2c(cccc2-c2cc(-c3ccc4cc(-c5ccccc5)ccc4c3)nc(-c3ccccc3)n2)C(c2ccccc2)=CC1. The van der Waals surface area contributed by atoms with Crippen LogP contribution in [0.4, 0.5) is 0 Å². The van der Waals surface area contributed by atoms with Crippen molar-refractivity contribution >= 4 is 22.4 Å². The van der Waals surface area contributed by atoms with Crippen molar-refractivity contribution in [2.75, 3.05) is 0 Å². The van der Waals surface area contributed by atoms with E-state index in [2.05, 4.69) is 152 Å². The Balaban J connectivity index is 1.27. The highest BCUT2D eigenvalue weighted by Crippen LogP contribution is 2.37. The van der Waals surface area contributed by atoms with Crippen LogP contribution in [-0.4, -0.2) is 9.97 Å². The van der Waals surface area contributed by atoms with Crippen LogP contribution < -0.4 is 0 Å². The van der Waals surface area contributed by atoms with Gasteiger partial charge < -0.3 is 0 Å². The van der Waals surface area contributed by atoms with Crippen LogP contribution in [0.2, 0.25) is 0 Å². The average molecular weight is 575 g/mol. The Morgan fingerprint density at radius 2 is 1.02 bits per heavy atom. The van der Waals surface area contributed by atoms with Gasteiger partial charge in [-0.3, -0.25) is 0 Å². The molecule has 2 heteroatoms. The molecule has 2 nitrogen and oxygen atoms in total. The normalized spacial score (nSPS) is 12.4. The topological polar surface area (TPSA) is 25.8 Å². The largest absolute Gasteiger partial charge is 0.228 e. The van der Waals surface area contributed by atoms with Gasteiger partial charge in [0.05, 0.1) is 11.4 Å². The molecule has 6 aromatic carbocycles. The number of allylic oxidation sites excluding steroid dienone is 2. The molecule has 0 aliphatic heterocycles. The van der Waals surface area contributed by atoms with Gasteiger partial charge in [-0.2, -0.15) is 0 Å². The zero-order valence-corrected chi connectivity index (χ0v) is 24.8. The zero-order valence-electron chi connectivity index (χ0n) is 24.8. The van der Waals surface area contributed by atoms with Crippen LogP contribution in [0.1, 0.15) is 23.1 Å². The Morgan fingerprint density at radius 1 is 0.422 bits per heavy atom. The van der Waals surface area contributed by atoms with Crippen molar-refractivity contribution in [2.24, 2.45) is 0 Å². The first-order valence-electron chi connectivity index (χ1n) is 15.4. The van der Waals surface area contributed by atoms with Crippen molar-refractivity contribution in [1.82, 2.24) is 9.97 Å². The van der Waals surface area contributed by atoms with Gasteiger partial charge in [-0.25, -0.2) is 9.97 Å². The quantitative estimate of drug-likeness (QED) is 0.204. The molecule has 0 saturated heterocycles. The molecule has 0 spiro atoms. The lowest BCUT2D eigenvalue weighted by atomic mass is 9.90. The first-order valence-corrected chi connectivity index (χ1v) is 15.4. The van der Waals surface area contributed by atoms with E-state index in [1.165, 1.54) is 44.2 Å². The van der Waals surface area contributed by atoms with Crippen LogP contribution >= 0.6 is 0 Å². The fourth-order valence-electron chi connectivity index (χ4n) is 6.24. The van der Waals surface area contributed by atoms with Gasteiger partial charge in [0.15, 0.2) is 5.82 Å². The van der Waals surface area contributed by atoms with E-state index in [0.717, 1.165) is 40.3 Å². The number of hydrogen-bond acceptors (Lipinski definition) is 2. The van der Waals surface area contributed by atoms with Crippen molar-refractivity contribution in [2.45, 2.75) is 6.42 Å². The molecule has 1 aliphatic carbocycles. The van der Waals surface area contributed by atoms with Crippen LogP contribution in [0.5, 0.6) is 0 Å². The molecule has 212 valence electrons. The van der Waals surface area contributed by atoms with Gasteiger partial charge >= 0.3 is 0 Å². The molecule has 0 amide bonds. The Hall–Kier alpha value is -5.86. The van der Waals surface area contributed by atoms with Gasteiger partial charge in [0.25, 0.3) is 0 Å². The monoisotopic (exact) mass is 574 g/mol. The van der Waals surface area contributed by atoms with Crippen LogP contribution in [0.15, 0.2) is 164 Å². The number of hydrogen-bond donors (Lipinski definition) is 0. The van der Waals surface area contributed by atoms with E-state index < -0.39 is 0 Å². The number of nitrogens with zero attached hydrogens (tertiary/aromatic N) is 2. The number of rotatable bonds is 5. The maximum Gasteiger partial charge on any atom is 0.160 e. The number of fused-ring (bicyclic) bond motifs is 2. The van der Waals surface area contributed by atoms with E-state index >= 15 is 0 Å². The molecule has 1 aromatic heterocycles. The minimum Gasteiger partial charge on any atom is -0.228 e. The second kappa shape index (κ2) is 11.7. The summed E-state index contributed by atoms with van der Waals surface area (Å²) in [4.78, 5) is 10.3. The first kappa shape index (κ1) is 26.7. The van der Waals surface area contributed by atoms with Crippen LogP contribution in [0, 0.1) is 0 Å². The molecule has 0 atom stereocenters. The van der Waals surface area contributed by atoms with Gasteiger partial charge in [0, 0.05) is 16.7 Å². The zero-order chi connectivity index (χ0) is 30.0. The summed E-state index contributed by atoms with van der Waals surface area (Å²) in [7, 11) is 0. The third-order valence-corrected chi connectivity index (χ3v) is 8.50. The fourth-order valence-corrected chi connectivity index (χ4v) is 6.24. The summed E-state index contributed by atoms with van der Waals surface area (Å²) in [6, 6.07) is 53.4. The molecule has 1 heterocycles. The lowest BCUT2D eigenvalue weighted by Gasteiger charge is -2.16. The molecule has 8 rings (SSSR count). The summed E-state index contributed by atoms with van der Waals surface area (Å²) in [5.41, 5.74) is 12.3. The van der Waals surface area contributed by atoms with Crippen molar-refractivity contribution in [3.63, 3.8) is 0 Å². The van der Waals surface area contributed by atoms with Crippen molar-refractivity contribution in [3.8, 4) is 45.0 Å². The smallest absolute Gasteiger partial charge is 0.160 e. The van der Waals surface area contributed by atoms with Gasteiger partial charge in [0.1, 0.15) is 0 Å². The fraction of sp³-hybridized carbons (Fsp3) is 0.0233. The second-order valence-corrected chi connectivity index (χ2v) is 11.4. The van der Waals surface area contributed by atoms with Crippen molar-refractivity contribution < 1.29 is 0 Å². The third kappa shape index (κ3) is 5.28. The standard InChI is InChI=1S/C43H30N2/c1-4-13-30(14-5-1)33-23-24-35-28-36(26-25-34(35)27-33)41-29-42(45-43(44-41)32-17-8-3-9-18-32)40-22-12-21-38-37(19-10-11-20-39(38)40)31-15-6-2-7-16-31/h1-9,11-29H,10H2. The molecule has 0 unspecified atom stereocenters. The second-order valence-electron chi connectivity index (χ2n) is 11.4. The minimum absolute atomic E-state index is 0.719. The maximum absolute atomic E-state index is 5.18. The van der Waals surface area contributed by atoms with E-state index in [9.17, 15) is 0 Å². The van der Waals surface area contributed by atoms with E-state index in [1.54, 1.807) is 0 Å². The van der Waals surface area contributed by atoms with E-state index in [0.29, 0.717) is 0 Å². The molecular weight excluding hydrogens is 544 g/mol. The molecule has 0 radical (unpaired) electrons. The molecule has 0 N–H and O–H groups in total. The molecule has 0 saturated carbocycles. The Morgan fingerprint density at radius 3 is 1.76 bits per heavy atom. The molecule has 45 heavy (non-hydrogen) atoms. The van der Waals surface area contributed by atoms with Crippen LogP contribution in [-0.2, 0) is 0 Å². The number of benzene rings is 6. The highest BCUT2D eigenvalue weighted by molar-refractivity contribution is 5.93. The summed E-state index contributed by atoms with van der Waals surface area (Å²) in [5.74, 6) is 0.719. The predicted octanol–water partition coefficient (Wildman–Crippen LogP) is 11.1. The summed E-state index contributed by atoms with van der Waals surface area (Å²) in [6.45, 7) is 0. The van der Waals surface area contributed by atoms with Crippen LogP contribution in [0.3, 0.4) is 0 Å². The highest BCUT2D eigenvalue weighted by Gasteiger charge is 2.18. The van der Waals surface area contributed by atoms with E-state index in [1.807, 2.05) is 18.2 Å². The highest BCUT2D eigenvalue weighted by atomic mass is 14.9. The molecule has 0 fully saturated rings. The maximum atomic E-state index is 5.18. The van der Waals surface area contributed by atoms with E-state index in [-0.39, 0.29) is 0 Å². The number of aromatic nitrogens is 2. The summed E-state index contributed by atoms with van der Waals surface area (Å²) in [6.07, 6.45) is 7.69. The van der Waals surface area contributed by atoms with Gasteiger partial charge in [-0.05, 0) is 68.8 Å². The Labute approximate surface area is 263 Å². The van der Waals surface area contributed by atoms with Crippen LogP contribution in [0.25, 0.3) is 67.5 Å². The van der Waals surface area contributed by atoms with Gasteiger partial charge in [-0.1, -0.05) is 152 Å². The molecular formula is C43H30N2. The van der Waals surface area contributed by atoms with Gasteiger partial charge in [0.2, 0.25) is 0 Å². The molecule has 7 aromatic rings.